The molecular formula is C21H26Cl2N4O. The van der Waals surface area contributed by atoms with Crippen LogP contribution in [0, 0.1) is 5.41 Å². The fourth-order valence-corrected chi connectivity index (χ4v) is 3.00. The zero-order chi connectivity index (χ0) is 18.7. The number of fused-ring (bicyclic) bond motifs is 1. The third kappa shape index (κ3) is 5.19. The van der Waals surface area contributed by atoms with Crippen molar-refractivity contribution in [3.8, 4) is 11.3 Å². The van der Waals surface area contributed by atoms with Crippen LogP contribution in [-0.4, -0.2) is 40.9 Å². The molecule has 2 heterocycles. The first-order chi connectivity index (χ1) is 12.4. The lowest BCUT2D eigenvalue weighted by Crippen LogP contribution is -2.39. The fraction of sp³-hybridized carbons (Fsp3) is 0.286. The number of nitrogens with two attached hydrogens (primary N) is 1. The van der Waals surface area contributed by atoms with Gasteiger partial charge in [0.25, 0.3) is 5.91 Å². The van der Waals surface area contributed by atoms with Gasteiger partial charge < -0.3 is 10.6 Å². The Balaban J connectivity index is 0.00000196. The molecule has 0 fully saturated rings. The molecule has 28 heavy (non-hydrogen) atoms. The molecule has 0 saturated heterocycles. The molecule has 5 nitrogen and oxygen atoms in total. The molecular weight excluding hydrogens is 395 g/mol. The minimum atomic E-state index is -0.139. The first kappa shape index (κ1) is 23.8. The van der Waals surface area contributed by atoms with Gasteiger partial charge in [0.1, 0.15) is 0 Å². The highest BCUT2D eigenvalue weighted by molar-refractivity contribution is 6.07. The van der Waals surface area contributed by atoms with Gasteiger partial charge in [-0.2, -0.15) is 0 Å². The summed E-state index contributed by atoms with van der Waals surface area (Å²) in [7, 11) is 1.82. The summed E-state index contributed by atoms with van der Waals surface area (Å²) in [5, 5.41) is 0.850. The highest BCUT2D eigenvalue weighted by Gasteiger charge is 2.23. The number of carbonyl (C=O) groups excluding carboxylic acids is 1. The molecule has 0 radical (unpaired) electrons. The number of amides is 1. The van der Waals surface area contributed by atoms with Crippen LogP contribution in [-0.2, 0) is 0 Å². The molecule has 7 heteroatoms. The Morgan fingerprint density at radius 2 is 1.86 bits per heavy atom. The second-order valence-corrected chi connectivity index (χ2v) is 7.34. The van der Waals surface area contributed by atoms with Crippen LogP contribution in [0.5, 0.6) is 0 Å². The first-order valence-corrected chi connectivity index (χ1v) is 8.67. The van der Waals surface area contributed by atoms with Crippen molar-refractivity contribution < 1.29 is 4.79 Å². The predicted molar refractivity (Wildman–Crippen MR) is 119 cm³/mol. The van der Waals surface area contributed by atoms with Crippen molar-refractivity contribution in [3.63, 3.8) is 0 Å². The van der Waals surface area contributed by atoms with E-state index in [9.17, 15) is 4.79 Å². The van der Waals surface area contributed by atoms with Gasteiger partial charge in [0.05, 0.1) is 16.8 Å². The summed E-state index contributed by atoms with van der Waals surface area (Å²) >= 11 is 0. The van der Waals surface area contributed by atoms with Crippen molar-refractivity contribution in [1.82, 2.24) is 14.9 Å². The summed E-state index contributed by atoms with van der Waals surface area (Å²) in [5.74, 6) is -0.0322. The van der Waals surface area contributed by atoms with Crippen LogP contribution in [0.1, 0.15) is 24.2 Å². The molecule has 0 unspecified atom stereocenters. The van der Waals surface area contributed by atoms with Crippen LogP contribution in [0.2, 0.25) is 0 Å². The maximum Gasteiger partial charge on any atom is 0.254 e. The molecule has 2 N–H and O–H groups in total. The van der Waals surface area contributed by atoms with E-state index in [0.29, 0.717) is 18.7 Å². The maximum atomic E-state index is 13.2. The van der Waals surface area contributed by atoms with Crippen LogP contribution in [0.25, 0.3) is 22.2 Å². The van der Waals surface area contributed by atoms with E-state index in [-0.39, 0.29) is 36.1 Å². The molecule has 0 saturated carbocycles. The Labute approximate surface area is 178 Å². The lowest BCUT2D eigenvalue weighted by molar-refractivity contribution is 0.0742. The number of benzene rings is 1. The van der Waals surface area contributed by atoms with Crippen molar-refractivity contribution >= 4 is 41.6 Å². The van der Waals surface area contributed by atoms with Gasteiger partial charge in [0, 0.05) is 36.9 Å². The van der Waals surface area contributed by atoms with E-state index < -0.39 is 0 Å². The molecule has 0 aliphatic rings. The van der Waals surface area contributed by atoms with Gasteiger partial charge in [-0.15, -0.1) is 24.8 Å². The van der Waals surface area contributed by atoms with Gasteiger partial charge in [0.2, 0.25) is 0 Å². The molecule has 0 bridgehead atoms. The van der Waals surface area contributed by atoms with E-state index >= 15 is 0 Å². The molecule has 150 valence electrons. The molecule has 3 rings (SSSR count). The Hall–Kier alpha value is -2.21. The number of carbonyl (C=O) groups is 1. The number of nitrogens with zero attached hydrogens (tertiary/aromatic N) is 3. The van der Waals surface area contributed by atoms with Crippen molar-refractivity contribution in [1.29, 1.82) is 0 Å². The van der Waals surface area contributed by atoms with Crippen LogP contribution in [0.3, 0.4) is 0 Å². The summed E-state index contributed by atoms with van der Waals surface area (Å²) in [5.41, 5.74) is 8.76. The van der Waals surface area contributed by atoms with Crippen LogP contribution in [0.15, 0.2) is 54.9 Å². The Bertz CT molecular complexity index is 932. The van der Waals surface area contributed by atoms with Gasteiger partial charge >= 0.3 is 0 Å². The van der Waals surface area contributed by atoms with E-state index in [4.69, 9.17) is 10.7 Å². The van der Waals surface area contributed by atoms with Gasteiger partial charge in [-0.3, -0.25) is 9.78 Å². The smallest absolute Gasteiger partial charge is 0.254 e. The predicted octanol–water partition coefficient (Wildman–Crippen LogP) is 4.20. The van der Waals surface area contributed by atoms with Gasteiger partial charge in [-0.25, -0.2) is 4.98 Å². The van der Waals surface area contributed by atoms with Crippen molar-refractivity contribution in [2.45, 2.75) is 13.8 Å². The van der Waals surface area contributed by atoms with Crippen molar-refractivity contribution in [2.24, 2.45) is 11.1 Å². The van der Waals surface area contributed by atoms with E-state index in [1.54, 1.807) is 17.3 Å². The summed E-state index contributed by atoms with van der Waals surface area (Å²) in [6.07, 6.45) is 3.48. The number of pyridine rings is 2. The lowest BCUT2D eigenvalue weighted by Gasteiger charge is -2.29. The number of hydrogen-bond donors (Lipinski definition) is 1. The number of rotatable bonds is 5. The minimum absolute atomic E-state index is 0. The SMILES string of the molecule is CN(CC(C)(C)CN)C(=O)c1cc(-c2cccnc2)nc2ccccc12.Cl.Cl. The maximum absolute atomic E-state index is 13.2. The van der Waals surface area contributed by atoms with Crippen molar-refractivity contribution in [3.05, 3.63) is 60.4 Å². The summed E-state index contributed by atoms with van der Waals surface area (Å²) in [6, 6.07) is 13.4. The molecule has 0 aliphatic carbocycles. The normalized spacial score (nSPS) is 10.7. The second kappa shape index (κ2) is 9.82. The lowest BCUT2D eigenvalue weighted by atomic mass is 9.93. The number of para-hydroxylation sites is 1. The summed E-state index contributed by atoms with van der Waals surface area (Å²) in [4.78, 5) is 23.8. The Kier molecular flexibility index (Phi) is 8.36. The van der Waals surface area contributed by atoms with E-state index in [0.717, 1.165) is 22.2 Å². The summed E-state index contributed by atoms with van der Waals surface area (Å²) < 4.78 is 0. The van der Waals surface area contributed by atoms with E-state index in [2.05, 4.69) is 18.8 Å². The number of aromatic nitrogens is 2. The second-order valence-electron chi connectivity index (χ2n) is 7.34. The Morgan fingerprint density at radius 3 is 2.50 bits per heavy atom. The van der Waals surface area contributed by atoms with Gasteiger partial charge in [0.15, 0.2) is 0 Å². The summed E-state index contributed by atoms with van der Waals surface area (Å²) in [6.45, 7) is 5.22. The topological polar surface area (TPSA) is 72.1 Å². The average Bonchev–Trinajstić information content (AvgIpc) is 2.67. The number of hydrogen-bond acceptors (Lipinski definition) is 4. The van der Waals surface area contributed by atoms with Gasteiger partial charge in [-0.05, 0) is 36.2 Å². The van der Waals surface area contributed by atoms with E-state index in [1.807, 2.05) is 49.5 Å². The molecule has 1 amide bonds. The van der Waals surface area contributed by atoms with Crippen LogP contribution >= 0.6 is 24.8 Å². The largest absolute Gasteiger partial charge is 0.341 e. The zero-order valence-electron chi connectivity index (χ0n) is 16.3. The monoisotopic (exact) mass is 420 g/mol. The average molecular weight is 421 g/mol. The Morgan fingerprint density at radius 1 is 1.14 bits per heavy atom. The zero-order valence-corrected chi connectivity index (χ0v) is 17.9. The quantitative estimate of drug-likeness (QED) is 0.670. The highest BCUT2D eigenvalue weighted by atomic mass is 35.5. The molecule has 1 aromatic carbocycles. The molecule has 2 aromatic heterocycles. The van der Waals surface area contributed by atoms with Crippen LogP contribution < -0.4 is 5.73 Å². The van der Waals surface area contributed by atoms with Gasteiger partial charge in [-0.1, -0.05) is 32.0 Å². The third-order valence-electron chi connectivity index (χ3n) is 4.47. The fourth-order valence-electron chi connectivity index (χ4n) is 3.00. The highest BCUT2D eigenvalue weighted by Crippen LogP contribution is 2.26. The molecule has 0 spiro atoms. The van der Waals surface area contributed by atoms with Crippen molar-refractivity contribution in [2.75, 3.05) is 20.1 Å². The molecule has 3 aromatic rings. The number of halogens is 2. The van der Waals surface area contributed by atoms with E-state index in [1.165, 1.54) is 0 Å². The standard InChI is InChI=1S/C21H24N4O.2ClH/c1-21(2,13-22)14-25(3)20(26)17-11-19(15-7-6-10-23-12-15)24-18-9-5-4-8-16(17)18;;/h4-12H,13-14,22H2,1-3H3;2*1H. The molecule has 0 aliphatic heterocycles. The van der Waals surface area contributed by atoms with Crippen LogP contribution in [0.4, 0.5) is 0 Å². The molecule has 0 atom stereocenters. The third-order valence-corrected chi connectivity index (χ3v) is 4.47. The minimum Gasteiger partial charge on any atom is -0.341 e. The first-order valence-electron chi connectivity index (χ1n) is 8.67.